The molecule has 0 saturated heterocycles. The summed E-state index contributed by atoms with van der Waals surface area (Å²) < 4.78 is 16.4. The van der Waals surface area contributed by atoms with Crippen molar-refractivity contribution in [3.05, 3.63) is 64.0 Å². The molecule has 3 heterocycles. The first-order chi connectivity index (χ1) is 18.9. The van der Waals surface area contributed by atoms with Crippen LogP contribution in [0.4, 0.5) is 10.9 Å². The van der Waals surface area contributed by atoms with E-state index < -0.39 is 5.97 Å². The number of hydrogen-bond acceptors (Lipinski definition) is 9. The van der Waals surface area contributed by atoms with Gasteiger partial charge in [-0.3, -0.25) is 0 Å². The van der Waals surface area contributed by atoms with E-state index in [0.29, 0.717) is 37.5 Å². The molecule has 39 heavy (non-hydrogen) atoms. The Hall–Kier alpha value is -3.31. The summed E-state index contributed by atoms with van der Waals surface area (Å²) in [6.45, 7) is 8.39. The van der Waals surface area contributed by atoms with E-state index in [1.54, 1.807) is 30.7 Å². The van der Waals surface area contributed by atoms with Gasteiger partial charge in [-0.15, -0.1) is 22.7 Å². The summed E-state index contributed by atoms with van der Waals surface area (Å²) in [6, 6.07) is 11.6. The van der Waals surface area contributed by atoms with Gasteiger partial charge in [0.1, 0.15) is 23.7 Å². The van der Waals surface area contributed by atoms with Crippen LogP contribution >= 0.6 is 22.7 Å². The fourth-order valence-corrected chi connectivity index (χ4v) is 5.86. The molecule has 0 atom stereocenters. The molecule has 4 rings (SSSR count). The van der Waals surface area contributed by atoms with E-state index in [4.69, 9.17) is 19.2 Å². The lowest BCUT2D eigenvalue weighted by Crippen LogP contribution is -2.10. The molecule has 0 bridgehead atoms. The van der Waals surface area contributed by atoms with Crippen LogP contribution in [-0.2, 0) is 15.9 Å². The molecule has 4 aromatic rings. The maximum Gasteiger partial charge on any atom is 0.339 e. The van der Waals surface area contributed by atoms with Gasteiger partial charge in [-0.2, -0.15) is 0 Å². The third-order valence-electron chi connectivity index (χ3n) is 5.81. The molecule has 0 aliphatic heterocycles. The number of benzene rings is 1. The van der Waals surface area contributed by atoms with Crippen LogP contribution in [0, 0.1) is 12.8 Å². The van der Waals surface area contributed by atoms with Crippen molar-refractivity contribution in [1.82, 2.24) is 9.97 Å². The Labute approximate surface area is 236 Å². The molecule has 0 fully saturated rings. The smallest absolute Gasteiger partial charge is 0.339 e. The van der Waals surface area contributed by atoms with Gasteiger partial charge in [-0.1, -0.05) is 19.9 Å². The highest BCUT2D eigenvalue weighted by Gasteiger charge is 2.19. The maximum absolute atomic E-state index is 12.1. The molecule has 0 amide bonds. The van der Waals surface area contributed by atoms with Crippen molar-refractivity contribution in [2.45, 2.75) is 27.2 Å². The van der Waals surface area contributed by atoms with Crippen LogP contribution in [0.2, 0.25) is 0 Å². The zero-order valence-corrected chi connectivity index (χ0v) is 24.2. The molecule has 0 radical (unpaired) electrons. The number of rotatable bonds is 14. The molecule has 0 unspecified atom stereocenters. The van der Waals surface area contributed by atoms with Crippen LogP contribution in [-0.4, -0.2) is 54.6 Å². The summed E-state index contributed by atoms with van der Waals surface area (Å²) in [4.78, 5) is 23.5. The van der Waals surface area contributed by atoms with Crippen LogP contribution < -0.4 is 10.1 Å². The number of pyridine rings is 1. The number of aryl methyl sites for hydroxylation is 1. The fourth-order valence-electron chi connectivity index (χ4n) is 3.96. The summed E-state index contributed by atoms with van der Waals surface area (Å²) in [5.74, 6) is 0.454. The third-order valence-corrected chi connectivity index (χ3v) is 7.72. The van der Waals surface area contributed by atoms with Crippen LogP contribution in [0.5, 0.6) is 5.75 Å². The number of carboxylic acids is 1. The Morgan fingerprint density at radius 2 is 1.92 bits per heavy atom. The number of thiazole rings is 1. The van der Waals surface area contributed by atoms with Crippen LogP contribution in [0.15, 0.2) is 48.0 Å². The number of thiophene rings is 1. The van der Waals surface area contributed by atoms with Crippen molar-refractivity contribution in [1.29, 1.82) is 0 Å². The molecule has 10 heteroatoms. The summed E-state index contributed by atoms with van der Waals surface area (Å²) in [5.41, 5.74) is 3.73. The number of aromatic carboxylic acids is 1. The van der Waals surface area contributed by atoms with Gasteiger partial charge in [0, 0.05) is 34.2 Å². The number of anilines is 2. The zero-order valence-electron chi connectivity index (χ0n) is 22.5. The van der Waals surface area contributed by atoms with Crippen molar-refractivity contribution < 1.29 is 24.1 Å². The molecule has 206 valence electrons. The molecule has 2 N–H and O–H groups in total. The Morgan fingerprint density at radius 3 is 2.62 bits per heavy atom. The minimum Gasteiger partial charge on any atom is -0.491 e. The number of nitrogens with one attached hydrogen (secondary N) is 1. The van der Waals surface area contributed by atoms with Crippen molar-refractivity contribution >= 4 is 39.6 Å². The number of carboxylic acid groups (broad SMARTS) is 1. The second-order valence-corrected chi connectivity index (χ2v) is 11.4. The van der Waals surface area contributed by atoms with E-state index in [2.05, 4.69) is 30.2 Å². The van der Waals surface area contributed by atoms with Gasteiger partial charge in [0.2, 0.25) is 0 Å². The van der Waals surface area contributed by atoms with Crippen molar-refractivity contribution in [2.75, 3.05) is 38.9 Å². The Kier molecular flexibility index (Phi) is 10.0. The van der Waals surface area contributed by atoms with Crippen LogP contribution in [0.3, 0.4) is 0 Å². The molecular formula is C29H33N3O5S2. The van der Waals surface area contributed by atoms with E-state index in [1.165, 1.54) is 11.3 Å². The average Bonchev–Trinajstić information content (AvgIpc) is 3.57. The quantitative estimate of drug-likeness (QED) is 0.158. The lowest BCUT2D eigenvalue weighted by molar-refractivity contribution is 0.0543. The molecular weight excluding hydrogens is 534 g/mol. The summed E-state index contributed by atoms with van der Waals surface area (Å²) in [5, 5.41) is 15.6. The highest BCUT2D eigenvalue weighted by molar-refractivity contribution is 7.16. The Morgan fingerprint density at radius 1 is 1.10 bits per heavy atom. The molecule has 0 aliphatic carbocycles. The standard InChI is InChI=1S/C29H33N3O5S2/c1-18(2)14-25-26(20-7-8-23(19(3)15-20)37-12-11-36-10-9-35-4)31-29(39-25)32-27-22(28(33)34)16-21(17-30-27)24-6-5-13-38-24/h5-8,13,15-18H,9-12,14H2,1-4H3,(H,33,34)(H,30,31,32). The van der Waals surface area contributed by atoms with Crippen LogP contribution in [0.25, 0.3) is 21.7 Å². The molecule has 8 nitrogen and oxygen atoms in total. The fraction of sp³-hybridized carbons (Fsp3) is 0.345. The number of aromatic nitrogens is 2. The number of nitrogens with zero attached hydrogens (tertiary/aromatic N) is 2. The van der Waals surface area contributed by atoms with Gasteiger partial charge in [-0.25, -0.2) is 14.8 Å². The molecule has 1 aromatic carbocycles. The van der Waals surface area contributed by atoms with E-state index in [1.807, 2.05) is 36.6 Å². The molecule has 3 aromatic heterocycles. The van der Waals surface area contributed by atoms with Gasteiger partial charge >= 0.3 is 5.97 Å². The number of methoxy groups -OCH3 is 1. The second-order valence-electron chi connectivity index (χ2n) is 9.35. The molecule has 0 aliphatic rings. The maximum atomic E-state index is 12.1. The van der Waals surface area contributed by atoms with E-state index in [9.17, 15) is 9.90 Å². The van der Waals surface area contributed by atoms with Gasteiger partial charge < -0.3 is 24.6 Å². The topological polar surface area (TPSA) is 103 Å². The summed E-state index contributed by atoms with van der Waals surface area (Å²) >= 11 is 3.06. The minimum absolute atomic E-state index is 0.103. The second kappa shape index (κ2) is 13.7. The average molecular weight is 568 g/mol. The lowest BCUT2D eigenvalue weighted by atomic mass is 10.0. The first kappa shape index (κ1) is 28.7. The van der Waals surface area contributed by atoms with E-state index >= 15 is 0 Å². The number of hydrogen-bond donors (Lipinski definition) is 2. The lowest BCUT2D eigenvalue weighted by Gasteiger charge is -2.11. The first-order valence-corrected chi connectivity index (χ1v) is 14.4. The SMILES string of the molecule is COCCOCCOc1ccc(-c2nc(Nc3ncc(-c4cccs4)cc3C(=O)O)sc2CC(C)C)cc1C. The normalized spacial score (nSPS) is 11.2. The van der Waals surface area contributed by atoms with E-state index in [0.717, 1.165) is 44.3 Å². The monoisotopic (exact) mass is 567 g/mol. The van der Waals surface area contributed by atoms with E-state index in [-0.39, 0.29) is 11.4 Å². The number of ether oxygens (including phenoxy) is 3. The first-order valence-electron chi connectivity index (χ1n) is 12.7. The Bertz CT molecular complexity index is 1390. The van der Waals surface area contributed by atoms with Crippen molar-refractivity contribution in [3.8, 4) is 27.4 Å². The van der Waals surface area contributed by atoms with Crippen molar-refractivity contribution in [2.24, 2.45) is 5.92 Å². The highest BCUT2D eigenvalue weighted by Crippen LogP contribution is 2.37. The van der Waals surface area contributed by atoms with Gasteiger partial charge in [0.25, 0.3) is 0 Å². The Balaban J connectivity index is 1.56. The zero-order chi connectivity index (χ0) is 27.8. The summed E-state index contributed by atoms with van der Waals surface area (Å²) in [7, 11) is 1.65. The van der Waals surface area contributed by atoms with Gasteiger partial charge in [0.05, 0.1) is 25.5 Å². The summed E-state index contributed by atoms with van der Waals surface area (Å²) in [6.07, 6.45) is 2.54. The minimum atomic E-state index is -1.04. The predicted molar refractivity (Wildman–Crippen MR) is 157 cm³/mol. The van der Waals surface area contributed by atoms with Gasteiger partial charge in [-0.05, 0) is 60.5 Å². The predicted octanol–water partition coefficient (Wildman–Crippen LogP) is 6.92. The van der Waals surface area contributed by atoms with Crippen LogP contribution in [0.1, 0.15) is 34.6 Å². The molecule has 0 spiro atoms. The van der Waals surface area contributed by atoms with Crippen molar-refractivity contribution in [3.63, 3.8) is 0 Å². The number of carbonyl (C=O) groups is 1. The largest absolute Gasteiger partial charge is 0.491 e. The van der Waals surface area contributed by atoms with Gasteiger partial charge in [0.15, 0.2) is 5.13 Å². The highest BCUT2D eigenvalue weighted by atomic mass is 32.1. The molecule has 0 saturated carbocycles. The third kappa shape index (κ3) is 7.63.